The summed E-state index contributed by atoms with van der Waals surface area (Å²) in [6.07, 6.45) is 0.413. The average Bonchev–Trinajstić information content (AvgIpc) is 2.16. The molecule has 0 aliphatic rings. The average molecular weight is 164 g/mol. The maximum absolute atomic E-state index is 10.3. The van der Waals surface area contributed by atoms with Crippen molar-refractivity contribution in [3.05, 3.63) is 35.4 Å². The molecule has 0 aliphatic heterocycles. The van der Waals surface area contributed by atoms with Crippen molar-refractivity contribution >= 4 is 6.29 Å². The van der Waals surface area contributed by atoms with Gasteiger partial charge < -0.3 is 9.90 Å². The molecule has 0 saturated carbocycles. The highest BCUT2D eigenvalue weighted by atomic mass is 16.3. The fourth-order valence-corrected chi connectivity index (χ4v) is 1.22. The van der Waals surface area contributed by atoms with E-state index in [9.17, 15) is 9.90 Å². The number of aldehydes is 1. The Labute approximate surface area is 71.8 Å². The van der Waals surface area contributed by atoms with Crippen LogP contribution in [0.25, 0.3) is 0 Å². The lowest BCUT2D eigenvalue weighted by Gasteiger charge is -2.08. The highest BCUT2D eigenvalue weighted by Gasteiger charge is 2.08. The zero-order valence-corrected chi connectivity index (χ0v) is 7.03. The Morgan fingerprint density at radius 2 is 2.17 bits per heavy atom. The first kappa shape index (κ1) is 8.94. The molecule has 0 bridgehead atoms. The summed E-state index contributed by atoms with van der Waals surface area (Å²) in [5.41, 5.74) is 1.74. The van der Waals surface area contributed by atoms with E-state index >= 15 is 0 Å². The fourth-order valence-electron chi connectivity index (χ4n) is 1.22. The Morgan fingerprint density at radius 1 is 1.50 bits per heavy atom. The molecule has 1 rings (SSSR count). The number of benzene rings is 1. The van der Waals surface area contributed by atoms with Gasteiger partial charge in [-0.3, -0.25) is 0 Å². The molecule has 12 heavy (non-hydrogen) atoms. The summed E-state index contributed by atoms with van der Waals surface area (Å²) >= 11 is 0. The van der Waals surface area contributed by atoms with Gasteiger partial charge in [0, 0.05) is 0 Å². The molecule has 1 aromatic carbocycles. The van der Waals surface area contributed by atoms with Crippen LogP contribution in [-0.2, 0) is 11.2 Å². The SMILES string of the molecule is CCc1ccccc1C(O)C=O. The lowest BCUT2D eigenvalue weighted by molar-refractivity contribution is -0.115. The minimum atomic E-state index is -0.971. The quantitative estimate of drug-likeness (QED) is 0.687. The second-order valence-corrected chi connectivity index (χ2v) is 2.63. The summed E-state index contributed by atoms with van der Waals surface area (Å²) in [4.78, 5) is 10.3. The van der Waals surface area contributed by atoms with E-state index in [1.165, 1.54) is 0 Å². The van der Waals surface area contributed by atoms with Gasteiger partial charge in [0.25, 0.3) is 0 Å². The van der Waals surface area contributed by atoms with Gasteiger partial charge in [0.15, 0.2) is 6.29 Å². The van der Waals surface area contributed by atoms with E-state index in [0.29, 0.717) is 6.29 Å². The lowest BCUT2D eigenvalue weighted by atomic mass is 10.0. The van der Waals surface area contributed by atoms with Gasteiger partial charge in [-0.1, -0.05) is 31.2 Å². The van der Waals surface area contributed by atoms with Crippen molar-refractivity contribution in [2.45, 2.75) is 19.4 Å². The summed E-state index contributed by atoms with van der Waals surface area (Å²) in [5.74, 6) is 0. The normalized spacial score (nSPS) is 12.5. The van der Waals surface area contributed by atoms with Crippen molar-refractivity contribution in [3.63, 3.8) is 0 Å². The smallest absolute Gasteiger partial charge is 0.153 e. The Balaban J connectivity index is 3.04. The number of aryl methyl sites for hydroxylation is 1. The topological polar surface area (TPSA) is 37.3 Å². The van der Waals surface area contributed by atoms with Crippen LogP contribution in [0.4, 0.5) is 0 Å². The van der Waals surface area contributed by atoms with Crippen LogP contribution in [0.1, 0.15) is 24.2 Å². The van der Waals surface area contributed by atoms with Crippen molar-refractivity contribution in [2.75, 3.05) is 0 Å². The standard InChI is InChI=1S/C10H12O2/c1-2-8-5-3-4-6-9(8)10(12)7-11/h3-7,10,12H,2H2,1H3. The number of hydrogen-bond acceptors (Lipinski definition) is 2. The van der Waals surface area contributed by atoms with Crippen molar-refractivity contribution in [1.82, 2.24) is 0 Å². The minimum absolute atomic E-state index is 0.550. The third-order valence-electron chi connectivity index (χ3n) is 1.88. The number of hydrogen-bond donors (Lipinski definition) is 1. The highest BCUT2D eigenvalue weighted by Crippen LogP contribution is 2.16. The first-order valence-corrected chi connectivity index (χ1v) is 4.00. The second-order valence-electron chi connectivity index (χ2n) is 2.63. The maximum atomic E-state index is 10.3. The molecule has 0 amide bonds. The summed E-state index contributed by atoms with van der Waals surface area (Å²) < 4.78 is 0. The Hall–Kier alpha value is -1.15. The first-order valence-electron chi connectivity index (χ1n) is 4.00. The van der Waals surface area contributed by atoms with Gasteiger partial charge in [0.1, 0.15) is 6.10 Å². The second kappa shape index (κ2) is 4.02. The predicted molar refractivity (Wildman–Crippen MR) is 46.8 cm³/mol. The highest BCUT2D eigenvalue weighted by molar-refractivity contribution is 5.60. The molecule has 2 nitrogen and oxygen atoms in total. The van der Waals surface area contributed by atoms with E-state index in [4.69, 9.17) is 0 Å². The van der Waals surface area contributed by atoms with E-state index in [2.05, 4.69) is 0 Å². The monoisotopic (exact) mass is 164 g/mol. The lowest BCUT2D eigenvalue weighted by Crippen LogP contribution is -2.01. The van der Waals surface area contributed by atoms with Gasteiger partial charge in [0.2, 0.25) is 0 Å². The van der Waals surface area contributed by atoms with Crippen LogP contribution < -0.4 is 0 Å². The molecule has 0 spiro atoms. The number of aliphatic hydroxyl groups excluding tert-OH is 1. The van der Waals surface area contributed by atoms with Crippen LogP contribution in [0, 0.1) is 0 Å². The molecular formula is C10H12O2. The van der Waals surface area contributed by atoms with Gasteiger partial charge in [-0.2, -0.15) is 0 Å². The van der Waals surface area contributed by atoms with Gasteiger partial charge in [-0.15, -0.1) is 0 Å². The molecule has 0 fully saturated rings. The molecular weight excluding hydrogens is 152 g/mol. The molecule has 0 radical (unpaired) electrons. The molecule has 0 aromatic heterocycles. The first-order chi connectivity index (χ1) is 5.79. The zero-order valence-electron chi connectivity index (χ0n) is 7.03. The third-order valence-corrected chi connectivity index (χ3v) is 1.88. The van der Waals surface area contributed by atoms with Crippen LogP contribution in [0.3, 0.4) is 0 Å². The molecule has 1 atom stereocenters. The van der Waals surface area contributed by atoms with Gasteiger partial charge in [-0.05, 0) is 17.5 Å². The number of aliphatic hydroxyl groups is 1. The fraction of sp³-hybridized carbons (Fsp3) is 0.300. The van der Waals surface area contributed by atoms with Gasteiger partial charge in [-0.25, -0.2) is 0 Å². The molecule has 0 saturated heterocycles. The van der Waals surface area contributed by atoms with E-state index in [1.54, 1.807) is 6.07 Å². The maximum Gasteiger partial charge on any atom is 0.153 e. The van der Waals surface area contributed by atoms with Crippen LogP contribution in [0.15, 0.2) is 24.3 Å². The number of carbonyl (C=O) groups excluding carboxylic acids is 1. The van der Waals surface area contributed by atoms with Gasteiger partial charge >= 0.3 is 0 Å². The zero-order chi connectivity index (χ0) is 8.97. The van der Waals surface area contributed by atoms with Crippen molar-refractivity contribution in [3.8, 4) is 0 Å². The molecule has 1 unspecified atom stereocenters. The molecule has 64 valence electrons. The van der Waals surface area contributed by atoms with Crippen LogP contribution in [0.5, 0.6) is 0 Å². The summed E-state index contributed by atoms with van der Waals surface area (Å²) in [7, 11) is 0. The summed E-state index contributed by atoms with van der Waals surface area (Å²) in [5, 5.41) is 9.27. The summed E-state index contributed by atoms with van der Waals surface area (Å²) in [6.45, 7) is 2.00. The molecule has 1 aromatic rings. The Morgan fingerprint density at radius 3 is 2.75 bits per heavy atom. The van der Waals surface area contributed by atoms with Crippen molar-refractivity contribution in [1.29, 1.82) is 0 Å². The van der Waals surface area contributed by atoms with E-state index in [-0.39, 0.29) is 0 Å². The van der Waals surface area contributed by atoms with E-state index < -0.39 is 6.10 Å². The Bertz CT molecular complexity index is 268. The van der Waals surface area contributed by atoms with Crippen molar-refractivity contribution < 1.29 is 9.90 Å². The molecule has 0 heterocycles. The van der Waals surface area contributed by atoms with Crippen LogP contribution in [0.2, 0.25) is 0 Å². The molecule has 1 N–H and O–H groups in total. The largest absolute Gasteiger partial charge is 0.381 e. The van der Waals surface area contributed by atoms with E-state index in [1.807, 2.05) is 25.1 Å². The minimum Gasteiger partial charge on any atom is -0.381 e. The molecule has 2 heteroatoms. The van der Waals surface area contributed by atoms with Crippen molar-refractivity contribution in [2.24, 2.45) is 0 Å². The number of carbonyl (C=O) groups is 1. The third kappa shape index (κ3) is 1.71. The predicted octanol–water partition coefficient (Wildman–Crippen LogP) is 1.48. The van der Waals surface area contributed by atoms with Crippen LogP contribution in [-0.4, -0.2) is 11.4 Å². The van der Waals surface area contributed by atoms with Gasteiger partial charge in [0.05, 0.1) is 0 Å². The van der Waals surface area contributed by atoms with E-state index in [0.717, 1.165) is 17.5 Å². The number of rotatable bonds is 3. The Kier molecular flexibility index (Phi) is 3.00. The summed E-state index contributed by atoms with van der Waals surface area (Å²) in [6, 6.07) is 7.42. The molecule has 0 aliphatic carbocycles. The van der Waals surface area contributed by atoms with Crippen LogP contribution >= 0.6 is 0 Å².